The molecule has 90 valence electrons. The Kier molecular flexibility index (Phi) is 3.84. The predicted octanol–water partition coefficient (Wildman–Crippen LogP) is 3.15. The highest BCUT2D eigenvalue weighted by molar-refractivity contribution is 9.10. The molecule has 2 aromatic rings. The van der Waals surface area contributed by atoms with E-state index >= 15 is 0 Å². The fourth-order valence-electron chi connectivity index (χ4n) is 1.71. The first-order valence-electron chi connectivity index (χ1n) is 5.63. The summed E-state index contributed by atoms with van der Waals surface area (Å²) >= 11 is 3.50. The molecule has 1 aromatic heterocycles. The van der Waals surface area contributed by atoms with E-state index in [1.54, 1.807) is 0 Å². The molecule has 0 unspecified atom stereocenters. The number of halogens is 1. The number of nitrogens with one attached hydrogen (secondary N) is 1. The lowest BCUT2D eigenvalue weighted by molar-refractivity contribution is 0.767. The minimum absolute atomic E-state index is 0.923. The van der Waals surface area contributed by atoms with Crippen LogP contribution >= 0.6 is 15.9 Å². The van der Waals surface area contributed by atoms with Crippen molar-refractivity contribution in [1.82, 2.24) is 9.78 Å². The molecule has 0 aliphatic rings. The lowest BCUT2D eigenvalue weighted by atomic mass is 10.2. The third-order valence-corrected chi connectivity index (χ3v) is 3.55. The second kappa shape index (κ2) is 5.36. The van der Waals surface area contributed by atoms with E-state index in [0.29, 0.717) is 0 Å². The first-order valence-corrected chi connectivity index (χ1v) is 6.42. The van der Waals surface area contributed by atoms with Gasteiger partial charge in [0.1, 0.15) is 0 Å². The van der Waals surface area contributed by atoms with E-state index in [9.17, 15) is 0 Å². The summed E-state index contributed by atoms with van der Waals surface area (Å²) in [5.41, 5.74) is 3.67. The van der Waals surface area contributed by atoms with Gasteiger partial charge in [-0.05, 0) is 42.7 Å². The molecular weight excluding hydrogens is 278 g/mol. The number of hydrogen-bond acceptors (Lipinski definition) is 2. The average Bonchev–Trinajstić information content (AvgIpc) is 2.70. The minimum Gasteiger partial charge on any atom is -0.385 e. The Balaban J connectivity index is 1.87. The van der Waals surface area contributed by atoms with Gasteiger partial charge in [0.05, 0.1) is 6.20 Å². The quantitative estimate of drug-likeness (QED) is 0.939. The number of hydrogen-bond donors (Lipinski definition) is 1. The van der Waals surface area contributed by atoms with Crippen LogP contribution in [-0.2, 0) is 13.5 Å². The molecule has 3 nitrogen and oxygen atoms in total. The van der Waals surface area contributed by atoms with Crippen molar-refractivity contribution in [3.8, 4) is 0 Å². The fraction of sp³-hybridized carbons (Fsp3) is 0.308. The topological polar surface area (TPSA) is 29.9 Å². The van der Waals surface area contributed by atoms with Crippen molar-refractivity contribution < 1.29 is 0 Å². The zero-order chi connectivity index (χ0) is 12.3. The van der Waals surface area contributed by atoms with Crippen molar-refractivity contribution in [3.63, 3.8) is 0 Å². The molecule has 0 amide bonds. The van der Waals surface area contributed by atoms with Gasteiger partial charge in [0.25, 0.3) is 0 Å². The average molecular weight is 294 g/mol. The number of aryl methyl sites for hydroxylation is 2. The molecule has 0 saturated heterocycles. The highest BCUT2D eigenvalue weighted by Crippen LogP contribution is 2.19. The van der Waals surface area contributed by atoms with Crippen molar-refractivity contribution in [2.75, 3.05) is 11.9 Å². The van der Waals surface area contributed by atoms with Gasteiger partial charge in [-0.3, -0.25) is 4.68 Å². The Morgan fingerprint density at radius 3 is 2.88 bits per heavy atom. The number of nitrogens with zero attached hydrogens (tertiary/aromatic N) is 2. The van der Waals surface area contributed by atoms with Crippen molar-refractivity contribution in [3.05, 3.63) is 46.2 Å². The molecule has 0 aliphatic heterocycles. The minimum atomic E-state index is 0.923. The Morgan fingerprint density at radius 2 is 2.24 bits per heavy atom. The fourth-order valence-corrected chi connectivity index (χ4v) is 1.95. The zero-order valence-corrected chi connectivity index (χ0v) is 11.7. The molecular formula is C13H16BrN3. The molecule has 0 radical (unpaired) electrons. The van der Waals surface area contributed by atoms with Gasteiger partial charge in [-0.25, -0.2) is 0 Å². The third-order valence-electron chi connectivity index (χ3n) is 2.66. The van der Waals surface area contributed by atoms with E-state index in [1.807, 2.05) is 17.9 Å². The van der Waals surface area contributed by atoms with Crippen molar-refractivity contribution in [2.45, 2.75) is 13.3 Å². The number of rotatable bonds is 4. The Morgan fingerprint density at radius 1 is 1.41 bits per heavy atom. The summed E-state index contributed by atoms with van der Waals surface area (Å²) in [5.74, 6) is 0. The molecule has 1 heterocycles. The standard InChI is InChI=1S/C13H16BrN3/c1-10-7-12(3-4-13(10)14)15-6-5-11-8-16-17(2)9-11/h3-4,7-9,15H,5-6H2,1-2H3. The van der Waals surface area contributed by atoms with Crippen molar-refractivity contribution in [1.29, 1.82) is 0 Å². The van der Waals surface area contributed by atoms with Gasteiger partial charge in [-0.15, -0.1) is 0 Å². The van der Waals surface area contributed by atoms with Gasteiger partial charge in [-0.1, -0.05) is 15.9 Å². The molecule has 2 rings (SSSR count). The molecule has 0 aliphatic carbocycles. The van der Waals surface area contributed by atoms with E-state index in [2.05, 4.69) is 57.7 Å². The summed E-state index contributed by atoms with van der Waals surface area (Å²) in [7, 11) is 1.94. The van der Waals surface area contributed by atoms with Crippen LogP contribution in [0.4, 0.5) is 5.69 Å². The van der Waals surface area contributed by atoms with Crippen LogP contribution in [0.1, 0.15) is 11.1 Å². The van der Waals surface area contributed by atoms with Crippen LogP contribution in [-0.4, -0.2) is 16.3 Å². The monoisotopic (exact) mass is 293 g/mol. The maximum Gasteiger partial charge on any atom is 0.0522 e. The second-order valence-corrected chi connectivity index (χ2v) is 5.02. The van der Waals surface area contributed by atoms with E-state index in [-0.39, 0.29) is 0 Å². The SMILES string of the molecule is Cc1cc(NCCc2cnn(C)c2)ccc1Br. The third kappa shape index (κ3) is 3.33. The zero-order valence-electron chi connectivity index (χ0n) is 10.1. The number of aromatic nitrogens is 2. The van der Waals surface area contributed by atoms with Crippen LogP contribution in [0.15, 0.2) is 35.1 Å². The summed E-state index contributed by atoms with van der Waals surface area (Å²) in [4.78, 5) is 0. The Hall–Kier alpha value is -1.29. The molecule has 1 aromatic carbocycles. The normalized spacial score (nSPS) is 10.5. The van der Waals surface area contributed by atoms with E-state index in [1.165, 1.54) is 11.1 Å². The lowest BCUT2D eigenvalue weighted by Crippen LogP contribution is -2.04. The maximum atomic E-state index is 4.15. The Bertz CT molecular complexity index is 505. The molecule has 0 atom stereocenters. The summed E-state index contributed by atoms with van der Waals surface area (Å²) in [5, 5.41) is 7.56. The molecule has 0 saturated carbocycles. The highest BCUT2D eigenvalue weighted by atomic mass is 79.9. The summed E-state index contributed by atoms with van der Waals surface area (Å²) in [6.07, 6.45) is 4.95. The second-order valence-electron chi connectivity index (χ2n) is 4.16. The first kappa shape index (κ1) is 12.2. The number of anilines is 1. The molecule has 0 bridgehead atoms. The van der Waals surface area contributed by atoms with Gasteiger partial charge in [0.2, 0.25) is 0 Å². The van der Waals surface area contributed by atoms with Gasteiger partial charge in [-0.2, -0.15) is 5.10 Å². The molecule has 0 fully saturated rings. The van der Waals surface area contributed by atoms with E-state index in [0.717, 1.165) is 23.1 Å². The highest BCUT2D eigenvalue weighted by Gasteiger charge is 1.98. The van der Waals surface area contributed by atoms with Crippen molar-refractivity contribution in [2.24, 2.45) is 7.05 Å². The molecule has 0 spiro atoms. The van der Waals surface area contributed by atoms with Crippen LogP contribution in [0.5, 0.6) is 0 Å². The van der Waals surface area contributed by atoms with Crippen LogP contribution < -0.4 is 5.32 Å². The molecule has 4 heteroatoms. The predicted molar refractivity (Wildman–Crippen MR) is 74.3 cm³/mol. The smallest absolute Gasteiger partial charge is 0.0522 e. The van der Waals surface area contributed by atoms with Gasteiger partial charge in [0, 0.05) is 29.9 Å². The summed E-state index contributed by atoms with van der Waals surface area (Å²) in [6, 6.07) is 6.30. The maximum absolute atomic E-state index is 4.15. The summed E-state index contributed by atoms with van der Waals surface area (Å²) < 4.78 is 2.98. The van der Waals surface area contributed by atoms with Crippen LogP contribution in [0.3, 0.4) is 0 Å². The summed E-state index contributed by atoms with van der Waals surface area (Å²) in [6.45, 7) is 3.02. The van der Waals surface area contributed by atoms with Crippen LogP contribution in [0.25, 0.3) is 0 Å². The lowest BCUT2D eigenvalue weighted by Gasteiger charge is -2.07. The van der Waals surface area contributed by atoms with E-state index in [4.69, 9.17) is 0 Å². The van der Waals surface area contributed by atoms with Gasteiger partial charge < -0.3 is 5.32 Å². The molecule has 17 heavy (non-hydrogen) atoms. The van der Waals surface area contributed by atoms with Gasteiger partial charge in [0.15, 0.2) is 0 Å². The Labute approximate surface area is 110 Å². The van der Waals surface area contributed by atoms with Crippen LogP contribution in [0.2, 0.25) is 0 Å². The first-order chi connectivity index (χ1) is 8.15. The number of benzene rings is 1. The van der Waals surface area contributed by atoms with Crippen LogP contribution in [0, 0.1) is 6.92 Å². The van der Waals surface area contributed by atoms with Gasteiger partial charge >= 0.3 is 0 Å². The van der Waals surface area contributed by atoms with E-state index < -0.39 is 0 Å². The van der Waals surface area contributed by atoms with Crippen molar-refractivity contribution >= 4 is 21.6 Å². The molecule has 1 N–H and O–H groups in total. The largest absolute Gasteiger partial charge is 0.385 e.